The zero-order chi connectivity index (χ0) is 11.7. The molecule has 1 heterocycles. The zero-order valence-electron chi connectivity index (χ0n) is 10.1. The van der Waals surface area contributed by atoms with Crippen LogP contribution in [0.3, 0.4) is 0 Å². The van der Waals surface area contributed by atoms with Crippen LogP contribution >= 0.6 is 0 Å². The summed E-state index contributed by atoms with van der Waals surface area (Å²) >= 11 is 0. The van der Waals surface area contributed by atoms with Gasteiger partial charge in [-0.2, -0.15) is 0 Å². The van der Waals surface area contributed by atoms with Gasteiger partial charge in [0.15, 0.2) is 0 Å². The number of rotatable bonds is 1. The molecule has 2 heteroatoms. The summed E-state index contributed by atoms with van der Waals surface area (Å²) in [5.74, 6) is 1.10. The van der Waals surface area contributed by atoms with Crippen LogP contribution in [0.5, 0.6) is 5.75 Å². The Kier molecular flexibility index (Phi) is 2.89. The Balaban J connectivity index is 2.01. The third-order valence-electron chi connectivity index (χ3n) is 3.71. The molecule has 1 unspecified atom stereocenters. The molecule has 0 radical (unpaired) electrons. The van der Waals surface area contributed by atoms with Crippen LogP contribution in [-0.2, 0) is 6.42 Å². The number of hydrogen-bond donors (Lipinski definition) is 1. The highest BCUT2D eigenvalue weighted by Gasteiger charge is 2.19. The fourth-order valence-corrected chi connectivity index (χ4v) is 2.81. The molecule has 3 rings (SSSR count). The van der Waals surface area contributed by atoms with Crippen molar-refractivity contribution in [3.05, 3.63) is 35.4 Å². The largest absolute Gasteiger partial charge is 0.492 e. The maximum atomic E-state index is 6.09. The average molecular weight is 229 g/mol. The number of nitrogens with two attached hydrogens (primary N) is 1. The summed E-state index contributed by atoms with van der Waals surface area (Å²) in [6, 6.07) is 6.70. The molecule has 2 nitrogen and oxygen atoms in total. The van der Waals surface area contributed by atoms with Crippen molar-refractivity contribution in [2.24, 2.45) is 5.73 Å². The fourth-order valence-electron chi connectivity index (χ4n) is 2.81. The first-order chi connectivity index (χ1) is 8.34. The number of allylic oxidation sites excluding steroid dienone is 1. The minimum Gasteiger partial charge on any atom is -0.492 e. The minimum atomic E-state index is 0.213. The van der Waals surface area contributed by atoms with E-state index in [1.165, 1.54) is 29.5 Å². The number of hydrogen-bond acceptors (Lipinski definition) is 2. The Hall–Kier alpha value is -1.28. The summed E-state index contributed by atoms with van der Waals surface area (Å²) in [6.45, 7) is 0.825. The Bertz CT molecular complexity index is 450. The molecule has 1 aliphatic carbocycles. The van der Waals surface area contributed by atoms with Crippen molar-refractivity contribution in [3.8, 4) is 5.75 Å². The lowest BCUT2D eigenvalue weighted by Crippen LogP contribution is -2.15. The molecular formula is C15H19NO. The second kappa shape index (κ2) is 4.53. The van der Waals surface area contributed by atoms with Crippen molar-refractivity contribution in [2.45, 2.75) is 38.1 Å². The average Bonchev–Trinajstić information content (AvgIpc) is 2.71. The molecule has 2 aliphatic rings. The summed E-state index contributed by atoms with van der Waals surface area (Å²) in [5, 5.41) is 0. The van der Waals surface area contributed by atoms with Crippen LogP contribution in [-0.4, -0.2) is 12.6 Å². The maximum Gasteiger partial charge on any atom is 0.130 e. The molecule has 0 amide bonds. The van der Waals surface area contributed by atoms with Gasteiger partial charge in [-0.15, -0.1) is 0 Å². The van der Waals surface area contributed by atoms with E-state index in [9.17, 15) is 0 Å². The van der Waals surface area contributed by atoms with Gasteiger partial charge in [0.25, 0.3) is 0 Å². The van der Waals surface area contributed by atoms with Crippen molar-refractivity contribution in [1.82, 2.24) is 0 Å². The van der Waals surface area contributed by atoms with Crippen LogP contribution in [0, 0.1) is 0 Å². The van der Waals surface area contributed by atoms with Crippen LogP contribution < -0.4 is 10.5 Å². The molecule has 1 atom stereocenters. The number of ether oxygens (including phenoxy) is 1. The van der Waals surface area contributed by atoms with E-state index >= 15 is 0 Å². The SMILES string of the molecule is NC1C=C(c2cccc3c2OCC3)CCCC1. The molecule has 0 saturated heterocycles. The molecule has 0 spiro atoms. The van der Waals surface area contributed by atoms with Crippen LogP contribution in [0.15, 0.2) is 24.3 Å². The van der Waals surface area contributed by atoms with Gasteiger partial charge in [-0.05, 0) is 30.4 Å². The summed E-state index contributed by atoms with van der Waals surface area (Å²) in [7, 11) is 0. The molecule has 2 N–H and O–H groups in total. The first-order valence-corrected chi connectivity index (χ1v) is 6.56. The lowest BCUT2D eigenvalue weighted by Gasteiger charge is -2.11. The standard InChI is InChI=1S/C15H19NO/c16-13-6-2-1-4-12(10-13)14-7-3-5-11-8-9-17-15(11)14/h3,5,7,10,13H,1-2,4,6,8-9,16H2. The van der Waals surface area contributed by atoms with Crippen molar-refractivity contribution in [2.75, 3.05) is 6.61 Å². The molecule has 1 aromatic carbocycles. The number of benzene rings is 1. The van der Waals surface area contributed by atoms with Gasteiger partial charge in [-0.25, -0.2) is 0 Å². The van der Waals surface area contributed by atoms with Crippen LogP contribution in [0.1, 0.15) is 36.8 Å². The smallest absolute Gasteiger partial charge is 0.130 e. The molecule has 0 saturated carbocycles. The molecule has 0 bridgehead atoms. The second-order valence-electron chi connectivity index (χ2n) is 4.99. The van der Waals surface area contributed by atoms with Crippen molar-refractivity contribution in [1.29, 1.82) is 0 Å². The van der Waals surface area contributed by atoms with Crippen molar-refractivity contribution in [3.63, 3.8) is 0 Å². The molecule has 0 fully saturated rings. The van der Waals surface area contributed by atoms with Crippen LogP contribution in [0.4, 0.5) is 0 Å². The minimum absolute atomic E-state index is 0.213. The quantitative estimate of drug-likeness (QED) is 0.803. The van der Waals surface area contributed by atoms with E-state index in [-0.39, 0.29) is 6.04 Å². The molecule has 90 valence electrons. The van der Waals surface area contributed by atoms with Gasteiger partial charge in [-0.3, -0.25) is 0 Å². The Morgan fingerprint density at radius 3 is 3.06 bits per heavy atom. The van der Waals surface area contributed by atoms with Crippen LogP contribution in [0.2, 0.25) is 0 Å². The van der Waals surface area contributed by atoms with Gasteiger partial charge in [0.1, 0.15) is 5.75 Å². The van der Waals surface area contributed by atoms with E-state index in [2.05, 4.69) is 24.3 Å². The molecule has 1 aliphatic heterocycles. The Labute approximate surface area is 102 Å². The Morgan fingerprint density at radius 2 is 2.12 bits per heavy atom. The van der Waals surface area contributed by atoms with Gasteiger partial charge in [0, 0.05) is 18.0 Å². The highest BCUT2D eigenvalue weighted by molar-refractivity contribution is 5.73. The highest BCUT2D eigenvalue weighted by atomic mass is 16.5. The second-order valence-corrected chi connectivity index (χ2v) is 4.99. The predicted molar refractivity (Wildman–Crippen MR) is 70.1 cm³/mol. The van der Waals surface area contributed by atoms with E-state index in [0.29, 0.717) is 0 Å². The predicted octanol–water partition coefficient (Wildman–Crippen LogP) is 2.91. The van der Waals surface area contributed by atoms with Crippen molar-refractivity contribution < 1.29 is 4.74 Å². The van der Waals surface area contributed by atoms with E-state index in [1.807, 2.05) is 0 Å². The lowest BCUT2D eigenvalue weighted by molar-refractivity contribution is 0.356. The summed E-state index contributed by atoms with van der Waals surface area (Å²) < 4.78 is 5.78. The lowest BCUT2D eigenvalue weighted by atomic mass is 9.97. The van der Waals surface area contributed by atoms with E-state index < -0.39 is 0 Å². The first-order valence-electron chi connectivity index (χ1n) is 6.56. The summed E-state index contributed by atoms with van der Waals surface area (Å²) in [6.07, 6.45) is 8.00. The normalized spacial score (nSPS) is 23.6. The van der Waals surface area contributed by atoms with Gasteiger partial charge in [0.05, 0.1) is 6.61 Å². The van der Waals surface area contributed by atoms with E-state index in [1.54, 1.807) is 0 Å². The fraction of sp³-hybridized carbons (Fsp3) is 0.467. The third kappa shape index (κ3) is 2.09. The van der Waals surface area contributed by atoms with Crippen LogP contribution in [0.25, 0.3) is 5.57 Å². The van der Waals surface area contributed by atoms with Crippen molar-refractivity contribution >= 4 is 5.57 Å². The van der Waals surface area contributed by atoms with Gasteiger partial charge in [0.2, 0.25) is 0 Å². The molecule has 17 heavy (non-hydrogen) atoms. The third-order valence-corrected chi connectivity index (χ3v) is 3.71. The van der Waals surface area contributed by atoms with Gasteiger partial charge in [-0.1, -0.05) is 30.7 Å². The monoisotopic (exact) mass is 229 g/mol. The molecular weight excluding hydrogens is 210 g/mol. The summed E-state index contributed by atoms with van der Waals surface area (Å²) in [5.41, 5.74) is 10.1. The summed E-state index contributed by atoms with van der Waals surface area (Å²) in [4.78, 5) is 0. The highest BCUT2D eigenvalue weighted by Crippen LogP contribution is 2.37. The first kappa shape index (κ1) is 10.8. The topological polar surface area (TPSA) is 35.2 Å². The van der Waals surface area contributed by atoms with Gasteiger partial charge >= 0.3 is 0 Å². The molecule has 1 aromatic rings. The zero-order valence-corrected chi connectivity index (χ0v) is 10.1. The maximum absolute atomic E-state index is 6.09. The van der Waals surface area contributed by atoms with E-state index in [0.717, 1.165) is 31.6 Å². The van der Waals surface area contributed by atoms with Gasteiger partial charge < -0.3 is 10.5 Å². The number of fused-ring (bicyclic) bond motifs is 1. The van der Waals surface area contributed by atoms with E-state index in [4.69, 9.17) is 10.5 Å². The number of para-hydroxylation sites is 1. The Morgan fingerprint density at radius 1 is 1.18 bits per heavy atom. The molecule has 0 aromatic heterocycles.